The van der Waals surface area contributed by atoms with Crippen molar-refractivity contribution in [2.45, 2.75) is 39.0 Å². The maximum Gasteiger partial charge on any atom is 0.223 e. The van der Waals surface area contributed by atoms with Crippen LogP contribution in [0, 0.1) is 17.8 Å². The molecule has 88 valence electrons. The van der Waals surface area contributed by atoms with E-state index in [1.807, 2.05) is 0 Å². The SMILES string of the molecule is CCC(C(=O)NC)[C@H]1CCCCC1CO. The number of carbonyl (C=O) groups excluding carboxylic acids is 1. The molecule has 1 aliphatic rings. The second-order valence-electron chi connectivity index (χ2n) is 4.52. The van der Waals surface area contributed by atoms with Crippen LogP contribution in [-0.4, -0.2) is 24.7 Å². The van der Waals surface area contributed by atoms with Gasteiger partial charge in [-0.2, -0.15) is 0 Å². The molecule has 2 N–H and O–H groups in total. The van der Waals surface area contributed by atoms with E-state index < -0.39 is 0 Å². The smallest absolute Gasteiger partial charge is 0.223 e. The van der Waals surface area contributed by atoms with Crippen molar-refractivity contribution in [3.8, 4) is 0 Å². The van der Waals surface area contributed by atoms with E-state index >= 15 is 0 Å². The van der Waals surface area contributed by atoms with Crippen LogP contribution in [-0.2, 0) is 4.79 Å². The molecule has 0 spiro atoms. The van der Waals surface area contributed by atoms with E-state index in [4.69, 9.17) is 0 Å². The lowest BCUT2D eigenvalue weighted by Crippen LogP contribution is -2.38. The average molecular weight is 213 g/mol. The van der Waals surface area contributed by atoms with Crippen molar-refractivity contribution < 1.29 is 9.90 Å². The Kier molecular flexibility index (Phi) is 5.09. The van der Waals surface area contributed by atoms with Crippen LogP contribution in [0.4, 0.5) is 0 Å². The summed E-state index contributed by atoms with van der Waals surface area (Å²) in [6.45, 7) is 2.29. The molecular formula is C12H23NO2. The second kappa shape index (κ2) is 6.11. The molecule has 0 aromatic rings. The van der Waals surface area contributed by atoms with E-state index in [2.05, 4.69) is 12.2 Å². The molecule has 0 radical (unpaired) electrons. The lowest BCUT2D eigenvalue weighted by molar-refractivity contribution is -0.127. The van der Waals surface area contributed by atoms with Gasteiger partial charge in [-0.1, -0.05) is 19.8 Å². The molecule has 0 aromatic heterocycles. The van der Waals surface area contributed by atoms with E-state index in [1.165, 1.54) is 12.8 Å². The predicted molar refractivity (Wildman–Crippen MR) is 60.4 cm³/mol. The van der Waals surface area contributed by atoms with Gasteiger partial charge < -0.3 is 10.4 Å². The molecular weight excluding hydrogens is 190 g/mol. The molecule has 1 amide bonds. The Balaban J connectivity index is 2.67. The first kappa shape index (κ1) is 12.5. The summed E-state index contributed by atoms with van der Waals surface area (Å²) >= 11 is 0. The largest absolute Gasteiger partial charge is 0.396 e. The minimum atomic E-state index is 0.0902. The third-order valence-corrected chi connectivity index (χ3v) is 3.74. The van der Waals surface area contributed by atoms with E-state index in [9.17, 15) is 9.90 Å². The Morgan fingerprint density at radius 3 is 2.67 bits per heavy atom. The monoisotopic (exact) mass is 213 g/mol. The Hall–Kier alpha value is -0.570. The first-order chi connectivity index (χ1) is 7.24. The fraction of sp³-hybridized carbons (Fsp3) is 0.917. The quantitative estimate of drug-likeness (QED) is 0.744. The van der Waals surface area contributed by atoms with Gasteiger partial charge in [-0.05, 0) is 31.1 Å². The minimum Gasteiger partial charge on any atom is -0.396 e. The van der Waals surface area contributed by atoms with Gasteiger partial charge in [-0.3, -0.25) is 4.79 Å². The molecule has 1 rings (SSSR count). The Morgan fingerprint density at radius 2 is 2.13 bits per heavy atom. The fourth-order valence-corrected chi connectivity index (χ4v) is 2.86. The number of amides is 1. The second-order valence-corrected chi connectivity index (χ2v) is 4.52. The van der Waals surface area contributed by atoms with Crippen molar-refractivity contribution in [1.29, 1.82) is 0 Å². The van der Waals surface area contributed by atoms with Gasteiger partial charge in [0.25, 0.3) is 0 Å². The summed E-state index contributed by atoms with van der Waals surface area (Å²) < 4.78 is 0. The van der Waals surface area contributed by atoms with Gasteiger partial charge in [0.05, 0.1) is 0 Å². The van der Waals surface area contributed by atoms with Crippen LogP contribution in [0.2, 0.25) is 0 Å². The van der Waals surface area contributed by atoms with Gasteiger partial charge in [-0.15, -0.1) is 0 Å². The molecule has 3 atom stereocenters. The third-order valence-electron chi connectivity index (χ3n) is 3.74. The van der Waals surface area contributed by atoms with Crippen molar-refractivity contribution in [3.63, 3.8) is 0 Å². The van der Waals surface area contributed by atoms with Crippen molar-refractivity contribution in [3.05, 3.63) is 0 Å². The predicted octanol–water partition coefficient (Wildman–Crippen LogP) is 1.56. The Labute approximate surface area is 92.3 Å². The van der Waals surface area contributed by atoms with Crippen LogP contribution >= 0.6 is 0 Å². The summed E-state index contributed by atoms with van der Waals surface area (Å²) in [6.07, 6.45) is 5.45. The molecule has 3 heteroatoms. The highest BCUT2D eigenvalue weighted by molar-refractivity contribution is 5.78. The molecule has 3 nitrogen and oxygen atoms in total. The Bertz CT molecular complexity index is 206. The van der Waals surface area contributed by atoms with Gasteiger partial charge in [0.1, 0.15) is 0 Å². The standard InChI is InChI=1S/C12H23NO2/c1-3-10(12(15)13-2)11-7-5-4-6-9(11)8-14/h9-11,14H,3-8H2,1-2H3,(H,13,15)/t9?,10?,11-/m0/s1. The molecule has 2 unspecified atom stereocenters. The molecule has 1 fully saturated rings. The topological polar surface area (TPSA) is 49.3 Å². The number of rotatable bonds is 4. The highest BCUT2D eigenvalue weighted by atomic mass is 16.3. The molecule has 1 aliphatic carbocycles. The first-order valence-corrected chi connectivity index (χ1v) is 6.07. The van der Waals surface area contributed by atoms with Crippen LogP contribution < -0.4 is 5.32 Å². The van der Waals surface area contributed by atoms with Gasteiger partial charge in [0.15, 0.2) is 0 Å². The maximum absolute atomic E-state index is 11.7. The lowest BCUT2D eigenvalue weighted by Gasteiger charge is -2.35. The van der Waals surface area contributed by atoms with Crippen LogP contribution in [0.1, 0.15) is 39.0 Å². The van der Waals surface area contributed by atoms with E-state index in [0.717, 1.165) is 19.3 Å². The molecule has 0 heterocycles. The zero-order chi connectivity index (χ0) is 11.3. The highest BCUT2D eigenvalue weighted by Crippen LogP contribution is 2.36. The highest BCUT2D eigenvalue weighted by Gasteiger charge is 2.33. The summed E-state index contributed by atoms with van der Waals surface area (Å²) in [4.78, 5) is 11.7. The number of aliphatic hydroxyl groups is 1. The van der Waals surface area contributed by atoms with Crippen LogP contribution in [0.25, 0.3) is 0 Å². The van der Waals surface area contributed by atoms with E-state index in [-0.39, 0.29) is 18.4 Å². The zero-order valence-corrected chi connectivity index (χ0v) is 9.83. The van der Waals surface area contributed by atoms with Gasteiger partial charge in [0.2, 0.25) is 5.91 Å². The molecule has 1 saturated carbocycles. The van der Waals surface area contributed by atoms with Crippen LogP contribution in [0.5, 0.6) is 0 Å². The first-order valence-electron chi connectivity index (χ1n) is 6.07. The number of aliphatic hydroxyl groups excluding tert-OH is 1. The molecule has 0 aliphatic heterocycles. The third kappa shape index (κ3) is 2.94. The van der Waals surface area contributed by atoms with Crippen molar-refractivity contribution in [2.24, 2.45) is 17.8 Å². The summed E-state index contributed by atoms with van der Waals surface area (Å²) in [5.41, 5.74) is 0. The summed E-state index contributed by atoms with van der Waals surface area (Å²) in [6, 6.07) is 0. The van der Waals surface area contributed by atoms with Gasteiger partial charge >= 0.3 is 0 Å². The summed E-state index contributed by atoms with van der Waals surface area (Å²) in [5, 5.41) is 12.1. The van der Waals surface area contributed by atoms with Crippen molar-refractivity contribution >= 4 is 5.91 Å². The van der Waals surface area contributed by atoms with Gasteiger partial charge in [0, 0.05) is 19.6 Å². The van der Waals surface area contributed by atoms with Crippen LogP contribution in [0.3, 0.4) is 0 Å². The van der Waals surface area contributed by atoms with Crippen molar-refractivity contribution in [1.82, 2.24) is 5.32 Å². The van der Waals surface area contributed by atoms with E-state index in [1.54, 1.807) is 7.05 Å². The minimum absolute atomic E-state index is 0.0902. The fourth-order valence-electron chi connectivity index (χ4n) is 2.86. The number of hydrogen-bond donors (Lipinski definition) is 2. The molecule has 0 saturated heterocycles. The normalized spacial score (nSPS) is 28.5. The molecule has 15 heavy (non-hydrogen) atoms. The summed E-state index contributed by atoms with van der Waals surface area (Å²) in [7, 11) is 1.70. The number of nitrogens with one attached hydrogen (secondary N) is 1. The lowest BCUT2D eigenvalue weighted by atomic mass is 9.71. The average Bonchev–Trinajstić information content (AvgIpc) is 2.30. The number of hydrogen-bond acceptors (Lipinski definition) is 2. The van der Waals surface area contributed by atoms with Crippen molar-refractivity contribution in [2.75, 3.05) is 13.7 Å². The molecule has 0 bridgehead atoms. The maximum atomic E-state index is 11.7. The van der Waals surface area contributed by atoms with Crippen LogP contribution in [0.15, 0.2) is 0 Å². The number of carbonyl (C=O) groups is 1. The van der Waals surface area contributed by atoms with Gasteiger partial charge in [-0.25, -0.2) is 0 Å². The molecule has 0 aromatic carbocycles. The zero-order valence-electron chi connectivity index (χ0n) is 9.83. The summed E-state index contributed by atoms with van der Waals surface area (Å²) in [5.74, 6) is 0.949. The van der Waals surface area contributed by atoms with E-state index in [0.29, 0.717) is 11.8 Å². The Morgan fingerprint density at radius 1 is 1.47 bits per heavy atom.